The van der Waals surface area contributed by atoms with Gasteiger partial charge in [-0.05, 0) is 47.4 Å². The number of anilines is 1. The van der Waals surface area contributed by atoms with E-state index in [4.69, 9.17) is 27.9 Å². The van der Waals surface area contributed by atoms with E-state index in [-0.39, 0.29) is 23.2 Å². The average molecular weight is 456 g/mol. The minimum absolute atomic E-state index is 0.0703. The zero-order chi connectivity index (χ0) is 22.1. The van der Waals surface area contributed by atoms with Crippen LogP contribution in [0.4, 0.5) is 10.5 Å². The number of benzene rings is 3. The Bertz CT molecular complexity index is 1120. The molecule has 0 aliphatic heterocycles. The van der Waals surface area contributed by atoms with Crippen LogP contribution in [-0.4, -0.2) is 29.8 Å². The molecule has 0 spiro atoms. The molecule has 0 aromatic heterocycles. The Balaban J connectivity index is 1.62. The summed E-state index contributed by atoms with van der Waals surface area (Å²) >= 11 is 12.2. The summed E-state index contributed by atoms with van der Waals surface area (Å²) in [5.74, 6) is -1.32. The number of halogens is 2. The van der Waals surface area contributed by atoms with Crippen molar-refractivity contribution >= 4 is 41.0 Å². The van der Waals surface area contributed by atoms with Crippen LogP contribution in [-0.2, 0) is 9.53 Å². The van der Waals surface area contributed by atoms with Gasteiger partial charge < -0.3 is 9.84 Å². The zero-order valence-corrected chi connectivity index (χ0v) is 18.1. The molecule has 4 rings (SSSR count). The summed E-state index contributed by atoms with van der Waals surface area (Å²) in [6.45, 7) is 1.47. The van der Waals surface area contributed by atoms with Gasteiger partial charge in [0.2, 0.25) is 0 Å². The smallest absolute Gasteiger partial charge is 0.415 e. The van der Waals surface area contributed by atoms with Crippen LogP contribution in [0.5, 0.6) is 0 Å². The molecule has 5 nitrogen and oxygen atoms in total. The number of carbonyl (C=O) groups excluding carboxylic acids is 1. The molecule has 158 valence electrons. The van der Waals surface area contributed by atoms with Crippen molar-refractivity contribution in [2.45, 2.75) is 18.9 Å². The fourth-order valence-corrected chi connectivity index (χ4v) is 4.42. The van der Waals surface area contributed by atoms with Crippen LogP contribution in [0.15, 0.2) is 66.7 Å². The van der Waals surface area contributed by atoms with Crippen molar-refractivity contribution in [3.8, 4) is 11.1 Å². The number of fused-ring (bicyclic) bond motifs is 3. The molecule has 0 fully saturated rings. The molecule has 1 amide bonds. The van der Waals surface area contributed by atoms with Gasteiger partial charge in [-0.15, -0.1) is 0 Å². The Kier molecular flexibility index (Phi) is 5.90. The van der Waals surface area contributed by atoms with Crippen molar-refractivity contribution in [2.24, 2.45) is 0 Å². The van der Waals surface area contributed by atoms with Gasteiger partial charge in [0.25, 0.3) is 0 Å². The van der Waals surface area contributed by atoms with Crippen LogP contribution in [0.2, 0.25) is 10.0 Å². The molecule has 0 heterocycles. The molecule has 1 unspecified atom stereocenters. The van der Waals surface area contributed by atoms with E-state index in [0.717, 1.165) is 27.2 Å². The summed E-state index contributed by atoms with van der Waals surface area (Å²) < 4.78 is 5.64. The van der Waals surface area contributed by atoms with Gasteiger partial charge in [-0.2, -0.15) is 0 Å². The van der Waals surface area contributed by atoms with Crippen LogP contribution in [0.3, 0.4) is 0 Å². The van der Waals surface area contributed by atoms with Gasteiger partial charge >= 0.3 is 12.1 Å². The normalized spacial score (nSPS) is 13.3. The molecule has 31 heavy (non-hydrogen) atoms. The second kappa shape index (κ2) is 8.61. The number of nitrogens with zero attached hydrogens (tertiary/aromatic N) is 1. The Morgan fingerprint density at radius 1 is 1.00 bits per heavy atom. The maximum Gasteiger partial charge on any atom is 0.415 e. The van der Waals surface area contributed by atoms with Crippen molar-refractivity contribution in [3.05, 3.63) is 87.9 Å². The van der Waals surface area contributed by atoms with E-state index in [1.807, 2.05) is 48.5 Å². The second-order valence-electron chi connectivity index (χ2n) is 7.28. The quantitative estimate of drug-likeness (QED) is 0.495. The van der Waals surface area contributed by atoms with Crippen LogP contribution in [0.25, 0.3) is 11.1 Å². The number of carboxylic acids is 1. The summed E-state index contributed by atoms with van der Waals surface area (Å²) in [6.07, 6.45) is -0.791. The van der Waals surface area contributed by atoms with Gasteiger partial charge in [-0.1, -0.05) is 71.7 Å². The van der Waals surface area contributed by atoms with E-state index in [0.29, 0.717) is 5.02 Å². The number of rotatable bonds is 5. The number of carboxylic acid groups (broad SMARTS) is 1. The van der Waals surface area contributed by atoms with Crippen molar-refractivity contribution in [3.63, 3.8) is 0 Å². The zero-order valence-electron chi connectivity index (χ0n) is 16.6. The number of carbonyl (C=O) groups is 2. The third kappa shape index (κ3) is 3.99. The van der Waals surface area contributed by atoms with Gasteiger partial charge in [0.05, 0.1) is 10.7 Å². The van der Waals surface area contributed by atoms with E-state index >= 15 is 0 Å². The van der Waals surface area contributed by atoms with E-state index < -0.39 is 18.1 Å². The molecule has 3 aromatic carbocycles. The standard InChI is InChI=1S/C24H19Cl2NO4/c1-14(23(28)29)27(22-11-10-15(25)12-21(22)26)24(30)31-13-20-18-8-4-2-6-16(18)17-7-3-5-9-19(17)20/h2-12,14,20H,13H2,1H3,(H,28,29). The van der Waals surface area contributed by atoms with E-state index in [9.17, 15) is 14.7 Å². The van der Waals surface area contributed by atoms with Crippen LogP contribution in [0, 0.1) is 0 Å². The van der Waals surface area contributed by atoms with Gasteiger partial charge in [0, 0.05) is 10.9 Å². The van der Waals surface area contributed by atoms with Crippen LogP contribution in [0.1, 0.15) is 24.0 Å². The van der Waals surface area contributed by atoms with Crippen molar-refractivity contribution < 1.29 is 19.4 Å². The lowest BCUT2D eigenvalue weighted by atomic mass is 9.98. The summed E-state index contributed by atoms with van der Waals surface area (Å²) in [6, 6.07) is 19.3. The first kappa shape index (κ1) is 21.2. The first-order valence-corrected chi connectivity index (χ1v) is 10.5. The number of hydrogen-bond acceptors (Lipinski definition) is 3. The monoisotopic (exact) mass is 455 g/mol. The SMILES string of the molecule is CC(C(=O)O)N(C(=O)OCC1c2ccccc2-c2ccccc21)c1ccc(Cl)cc1Cl. The maximum absolute atomic E-state index is 13.1. The Morgan fingerprint density at radius 3 is 2.13 bits per heavy atom. The lowest BCUT2D eigenvalue weighted by molar-refractivity contribution is -0.138. The molecular formula is C24H19Cl2NO4. The lowest BCUT2D eigenvalue weighted by Gasteiger charge is -2.27. The molecule has 7 heteroatoms. The fraction of sp³-hybridized carbons (Fsp3) is 0.167. The molecule has 0 bridgehead atoms. The minimum Gasteiger partial charge on any atom is -0.480 e. The molecule has 0 radical (unpaired) electrons. The lowest BCUT2D eigenvalue weighted by Crippen LogP contribution is -2.44. The second-order valence-corrected chi connectivity index (χ2v) is 8.13. The van der Waals surface area contributed by atoms with Gasteiger partial charge in [-0.3, -0.25) is 4.90 Å². The number of amides is 1. The van der Waals surface area contributed by atoms with Crippen molar-refractivity contribution in [2.75, 3.05) is 11.5 Å². The fourth-order valence-electron chi connectivity index (χ4n) is 3.92. The number of ether oxygens (including phenoxy) is 1. The van der Waals surface area contributed by atoms with E-state index in [2.05, 4.69) is 0 Å². The van der Waals surface area contributed by atoms with Crippen LogP contribution < -0.4 is 4.90 Å². The predicted molar refractivity (Wildman–Crippen MR) is 121 cm³/mol. The van der Waals surface area contributed by atoms with Gasteiger partial charge in [-0.25, -0.2) is 9.59 Å². The highest BCUT2D eigenvalue weighted by Gasteiger charge is 2.33. The van der Waals surface area contributed by atoms with Crippen molar-refractivity contribution in [1.82, 2.24) is 0 Å². The van der Waals surface area contributed by atoms with Crippen molar-refractivity contribution in [1.29, 1.82) is 0 Å². The van der Waals surface area contributed by atoms with E-state index in [1.54, 1.807) is 6.07 Å². The molecular weight excluding hydrogens is 437 g/mol. The Morgan fingerprint density at radius 2 is 1.58 bits per heavy atom. The minimum atomic E-state index is -1.19. The molecule has 1 N–H and O–H groups in total. The average Bonchev–Trinajstić information content (AvgIpc) is 3.07. The highest BCUT2D eigenvalue weighted by molar-refractivity contribution is 6.36. The summed E-state index contributed by atoms with van der Waals surface area (Å²) in [4.78, 5) is 25.8. The predicted octanol–water partition coefficient (Wildman–Crippen LogP) is 6.22. The first-order chi connectivity index (χ1) is 14.9. The summed E-state index contributed by atoms with van der Waals surface area (Å²) in [7, 11) is 0. The highest BCUT2D eigenvalue weighted by Crippen LogP contribution is 2.44. The third-order valence-corrected chi connectivity index (χ3v) is 5.98. The first-order valence-electron chi connectivity index (χ1n) is 9.70. The number of aliphatic carboxylic acids is 1. The molecule has 0 saturated heterocycles. The Labute approximate surface area is 189 Å². The number of hydrogen-bond donors (Lipinski definition) is 1. The third-order valence-electron chi connectivity index (χ3n) is 5.45. The molecule has 3 aromatic rings. The Hall–Kier alpha value is -3.02. The van der Waals surface area contributed by atoms with E-state index in [1.165, 1.54) is 19.1 Å². The summed E-state index contributed by atoms with van der Waals surface area (Å²) in [5.41, 5.74) is 4.57. The molecule has 1 atom stereocenters. The molecule has 1 aliphatic carbocycles. The summed E-state index contributed by atoms with van der Waals surface area (Å²) in [5, 5.41) is 10.1. The maximum atomic E-state index is 13.1. The topological polar surface area (TPSA) is 66.8 Å². The largest absolute Gasteiger partial charge is 0.480 e. The van der Waals surface area contributed by atoms with Crippen LogP contribution >= 0.6 is 23.2 Å². The van der Waals surface area contributed by atoms with Gasteiger partial charge in [0.1, 0.15) is 12.6 Å². The molecule has 1 aliphatic rings. The highest BCUT2D eigenvalue weighted by atomic mass is 35.5. The molecule has 0 saturated carbocycles. The van der Waals surface area contributed by atoms with Gasteiger partial charge in [0.15, 0.2) is 0 Å².